The van der Waals surface area contributed by atoms with Crippen molar-refractivity contribution in [1.82, 2.24) is 20.3 Å². The van der Waals surface area contributed by atoms with Crippen molar-refractivity contribution in [2.75, 3.05) is 12.4 Å². The van der Waals surface area contributed by atoms with E-state index in [0.717, 1.165) is 38.9 Å². The van der Waals surface area contributed by atoms with Gasteiger partial charge < -0.3 is 20.4 Å². The van der Waals surface area contributed by atoms with Crippen LogP contribution in [-0.4, -0.2) is 34.0 Å². The highest BCUT2D eigenvalue weighted by molar-refractivity contribution is 6.00. The SMILES string of the molecule is C=CC(=O)Nc1cc(CN[C@@H](C)C(C)(C)C)cc(-c2cnc3[nH]cc(-c4ccnc(OC)c4)c3c2)c1. The monoisotopic (exact) mass is 483 g/mol. The van der Waals surface area contributed by atoms with E-state index in [1.807, 2.05) is 36.7 Å². The van der Waals surface area contributed by atoms with Crippen molar-refractivity contribution in [3.63, 3.8) is 0 Å². The number of hydrogen-bond donors (Lipinski definition) is 3. The molecular formula is C29H33N5O2. The molecule has 3 aromatic heterocycles. The third-order valence-corrected chi connectivity index (χ3v) is 6.48. The number of benzene rings is 1. The van der Waals surface area contributed by atoms with Gasteiger partial charge in [-0.25, -0.2) is 9.97 Å². The number of pyridine rings is 2. The molecule has 186 valence electrons. The molecule has 36 heavy (non-hydrogen) atoms. The van der Waals surface area contributed by atoms with E-state index in [1.54, 1.807) is 13.3 Å². The van der Waals surface area contributed by atoms with Crippen molar-refractivity contribution < 1.29 is 9.53 Å². The summed E-state index contributed by atoms with van der Waals surface area (Å²) in [6, 6.07) is 12.4. The van der Waals surface area contributed by atoms with Crippen molar-refractivity contribution in [3.8, 4) is 28.1 Å². The molecule has 0 spiro atoms. The Labute approximate surface area is 212 Å². The van der Waals surface area contributed by atoms with Gasteiger partial charge in [-0.15, -0.1) is 0 Å². The summed E-state index contributed by atoms with van der Waals surface area (Å²) in [6.07, 6.45) is 6.79. The lowest BCUT2D eigenvalue weighted by molar-refractivity contribution is -0.111. The van der Waals surface area contributed by atoms with E-state index in [-0.39, 0.29) is 11.3 Å². The number of amides is 1. The summed E-state index contributed by atoms with van der Waals surface area (Å²) in [5.74, 6) is 0.306. The zero-order valence-electron chi connectivity index (χ0n) is 21.5. The standard InChI is InChI=1S/C29H33N5O2/c1-7-26(35)34-23-11-19(15-31-18(2)29(3,4)5)10-21(12-23)22-13-24-25(17-33-28(24)32-16-22)20-8-9-30-27(14-20)36-6/h7-14,16-18,31H,1,15H2,2-6H3,(H,32,33)(H,34,35)/t18-/m0/s1. The van der Waals surface area contributed by atoms with Crippen molar-refractivity contribution in [3.05, 3.63) is 73.2 Å². The van der Waals surface area contributed by atoms with Gasteiger partial charge >= 0.3 is 0 Å². The van der Waals surface area contributed by atoms with Gasteiger partial charge in [0.05, 0.1) is 7.11 Å². The van der Waals surface area contributed by atoms with Crippen LogP contribution >= 0.6 is 0 Å². The highest BCUT2D eigenvalue weighted by atomic mass is 16.5. The highest BCUT2D eigenvalue weighted by Crippen LogP contribution is 2.33. The van der Waals surface area contributed by atoms with Gasteiger partial charge in [0, 0.05) is 59.4 Å². The zero-order chi connectivity index (χ0) is 25.9. The van der Waals surface area contributed by atoms with Crippen molar-refractivity contribution in [2.24, 2.45) is 5.41 Å². The van der Waals surface area contributed by atoms with Gasteiger partial charge in [0.25, 0.3) is 0 Å². The Morgan fingerprint density at radius 3 is 2.67 bits per heavy atom. The van der Waals surface area contributed by atoms with Crippen LogP contribution in [0, 0.1) is 5.41 Å². The molecule has 0 aliphatic carbocycles. The van der Waals surface area contributed by atoms with E-state index in [1.165, 1.54) is 6.08 Å². The first kappa shape index (κ1) is 25.1. The molecule has 0 saturated heterocycles. The molecule has 0 saturated carbocycles. The number of hydrogen-bond acceptors (Lipinski definition) is 5. The zero-order valence-corrected chi connectivity index (χ0v) is 21.5. The van der Waals surface area contributed by atoms with E-state index in [9.17, 15) is 4.79 Å². The first-order chi connectivity index (χ1) is 17.2. The highest BCUT2D eigenvalue weighted by Gasteiger charge is 2.19. The molecule has 0 fully saturated rings. The molecule has 4 rings (SSSR count). The van der Waals surface area contributed by atoms with Crippen LogP contribution in [0.4, 0.5) is 5.69 Å². The molecule has 1 atom stereocenters. The number of rotatable bonds is 8. The molecule has 3 heterocycles. The lowest BCUT2D eigenvalue weighted by Gasteiger charge is -2.28. The Balaban J connectivity index is 1.74. The number of aromatic nitrogens is 3. The van der Waals surface area contributed by atoms with Crippen LogP contribution in [0.5, 0.6) is 5.88 Å². The minimum atomic E-state index is -0.248. The third-order valence-electron chi connectivity index (χ3n) is 6.48. The number of anilines is 1. The molecule has 0 aliphatic rings. The molecule has 0 bridgehead atoms. The smallest absolute Gasteiger partial charge is 0.247 e. The van der Waals surface area contributed by atoms with Crippen LogP contribution in [0.15, 0.2) is 67.6 Å². The maximum Gasteiger partial charge on any atom is 0.247 e. The fourth-order valence-corrected chi connectivity index (χ4v) is 3.89. The van der Waals surface area contributed by atoms with Gasteiger partial charge in [-0.2, -0.15) is 0 Å². The fourth-order valence-electron chi connectivity index (χ4n) is 3.89. The maximum atomic E-state index is 12.1. The van der Waals surface area contributed by atoms with Crippen LogP contribution in [0.2, 0.25) is 0 Å². The number of H-pyrrole nitrogens is 1. The Morgan fingerprint density at radius 1 is 1.14 bits per heavy atom. The first-order valence-electron chi connectivity index (χ1n) is 12.0. The summed E-state index contributed by atoms with van der Waals surface area (Å²) in [4.78, 5) is 24.2. The quantitative estimate of drug-likeness (QED) is 0.269. The van der Waals surface area contributed by atoms with Crippen molar-refractivity contribution in [1.29, 1.82) is 0 Å². The molecule has 3 N–H and O–H groups in total. The lowest BCUT2D eigenvalue weighted by Crippen LogP contribution is -2.37. The number of methoxy groups -OCH3 is 1. The number of ether oxygens (including phenoxy) is 1. The predicted molar refractivity (Wildman–Crippen MR) is 146 cm³/mol. The number of nitrogens with zero attached hydrogens (tertiary/aromatic N) is 2. The summed E-state index contributed by atoms with van der Waals surface area (Å²) in [6.45, 7) is 13.1. The predicted octanol–water partition coefficient (Wildman–Crippen LogP) is 5.95. The second-order valence-corrected chi connectivity index (χ2v) is 9.99. The Hall–Kier alpha value is -3.97. The summed E-state index contributed by atoms with van der Waals surface area (Å²) < 4.78 is 5.30. The molecule has 7 nitrogen and oxygen atoms in total. The normalized spacial score (nSPS) is 12.4. The second-order valence-electron chi connectivity index (χ2n) is 9.99. The molecule has 1 amide bonds. The Kier molecular flexibility index (Phi) is 7.22. The Bertz CT molecular complexity index is 1400. The topological polar surface area (TPSA) is 91.9 Å². The summed E-state index contributed by atoms with van der Waals surface area (Å²) >= 11 is 0. The van der Waals surface area contributed by atoms with Crippen LogP contribution in [-0.2, 0) is 11.3 Å². The van der Waals surface area contributed by atoms with E-state index in [2.05, 4.69) is 72.0 Å². The van der Waals surface area contributed by atoms with Gasteiger partial charge in [0.2, 0.25) is 11.8 Å². The van der Waals surface area contributed by atoms with Gasteiger partial charge in [0.1, 0.15) is 5.65 Å². The number of aromatic amines is 1. The molecule has 7 heteroatoms. The van der Waals surface area contributed by atoms with E-state index in [4.69, 9.17) is 4.74 Å². The molecule has 0 unspecified atom stereocenters. The number of carbonyl (C=O) groups excluding carboxylic acids is 1. The van der Waals surface area contributed by atoms with Gasteiger partial charge in [0.15, 0.2) is 0 Å². The summed E-state index contributed by atoms with van der Waals surface area (Å²) in [7, 11) is 1.60. The number of fused-ring (bicyclic) bond motifs is 1. The minimum Gasteiger partial charge on any atom is -0.481 e. The van der Waals surface area contributed by atoms with Crippen LogP contribution in [0.3, 0.4) is 0 Å². The fraction of sp³-hybridized carbons (Fsp3) is 0.276. The summed E-state index contributed by atoms with van der Waals surface area (Å²) in [5, 5.41) is 7.51. The lowest BCUT2D eigenvalue weighted by atomic mass is 9.88. The van der Waals surface area contributed by atoms with Gasteiger partial charge in [-0.1, -0.05) is 27.4 Å². The van der Waals surface area contributed by atoms with Crippen LogP contribution in [0.25, 0.3) is 33.3 Å². The van der Waals surface area contributed by atoms with Crippen LogP contribution < -0.4 is 15.4 Å². The van der Waals surface area contributed by atoms with Crippen molar-refractivity contribution >= 4 is 22.6 Å². The first-order valence-corrected chi connectivity index (χ1v) is 12.0. The molecule has 1 aromatic carbocycles. The minimum absolute atomic E-state index is 0.132. The van der Waals surface area contributed by atoms with E-state index < -0.39 is 0 Å². The largest absolute Gasteiger partial charge is 0.481 e. The average Bonchev–Trinajstić information content (AvgIpc) is 3.29. The Morgan fingerprint density at radius 2 is 1.94 bits per heavy atom. The summed E-state index contributed by atoms with van der Waals surface area (Å²) in [5.41, 5.74) is 6.61. The van der Waals surface area contributed by atoms with E-state index in [0.29, 0.717) is 24.2 Å². The number of nitrogens with one attached hydrogen (secondary N) is 3. The molecule has 0 aliphatic heterocycles. The van der Waals surface area contributed by atoms with Crippen LogP contribution in [0.1, 0.15) is 33.3 Å². The van der Waals surface area contributed by atoms with Gasteiger partial charge in [-0.3, -0.25) is 4.79 Å². The molecule has 0 radical (unpaired) electrons. The molecule has 4 aromatic rings. The molecular weight excluding hydrogens is 450 g/mol. The van der Waals surface area contributed by atoms with E-state index >= 15 is 0 Å². The third kappa shape index (κ3) is 5.63. The second kappa shape index (κ2) is 10.3. The van der Waals surface area contributed by atoms with Crippen molar-refractivity contribution in [2.45, 2.75) is 40.3 Å². The average molecular weight is 484 g/mol. The van der Waals surface area contributed by atoms with Gasteiger partial charge in [-0.05, 0) is 65.4 Å². The number of carbonyl (C=O) groups is 1. The maximum absolute atomic E-state index is 12.1.